The van der Waals surface area contributed by atoms with Crippen LogP contribution in [0.25, 0.3) is 10.2 Å². The number of hydrogen-bond acceptors (Lipinski definition) is 11. The monoisotopic (exact) mass is 688 g/mol. The van der Waals surface area contributed by atoms with Crippen LogP contribution in [0.3, 0.4) is 0 Å². The van der Waals surface area contributed by atoms with Gasteiger partial charge < -0.3 is 14.2 Å². The molecule has 1 fully saturated rings. The molecule has 2 N–H and O–H groups in total. The molecule has 47 heavy (non-hydrogen) atoms. The number of rotatable bonds is 14. The number of piperidine rings is 1. The highest BCUT2D eigenvalue weighted by Crippen LogP contribution is 2.40. The maximum atomic E-state index is 13.9. The number of likely N-dealkylation sites (tertiary alicyclic amines) is 1. The fraction of sp³-hybridized carbons (Fsp3) is 0.515. The molecule has 2 aliphatic rings. The van der Waals surface area contributed by atoms with Gasteiger partial charge in [-0.15, -0.1) is 11.3 Å². The molecule has 0 saturated carbocycles. The average molecular weight is 689 g/mol. The molecule has 0 unspecified atom stereocenters. The molecule has 3 aromatic rings. The highest BCUT2D eigenvalue weighted by molar-refractivity contribution is 7.85. The highest BCUT2D eigenvalue weighted by atomic mass is 32.2. The molecule has 0 amide bonds. The Labute approximate surface area is 278 Å². The van der Waals surface area contributed by atoms with Gasteiger partial charge in [0.1, 0.15) is 6.42 Å². The zero-order chi connectivity index (χ0) is 33.8. The van der Waals surface area contributed by atoms with Gasteiger partial charge in [-0.25, -0.2) is 4.98 Å². The summed E-state index contributed by atoms with van der Waals surface area (Å²) in [5.74, 6) is -1.22. The summed E-state index contributed by atoms with van der Waals surface area (Å²) in [5, 5.41) is 3.80. The third kappa shape index (κ3) is 8.34. The van der Waals surface area contributed by atoms with Crippen molar-refractivity contribution >= 4 is 55.6 Å². The van der Waals surface area contributed by atoms with E-state index < -0.39 is 40.8 Å². The number of fused-ring (bicyclic) bond motifs is 2. The van der Waals surface area contributed by atoms with Crippen LogP contribution in [0.2, 0.25) is 0 Å². The van der Waals surface area contributed by atoms with E-state index in [9.17, 15) is 27.2 Å². The van der Waals surface area contributed by atoms with E-state index in [1.54, 1.807) is 17.9 Å². The Hall–Kier alpha value is -3.46. The van der Waals surface area contributed by atoms with E-state index in [1.807, 2.05) is 38.1 Å². The molecule has 2 aliphatic heterocycles. The lowest BCUT2D eigenvalue weighted by Crippen LogP contribution is -2.65. The number of nitrogens with one attached hydrogen (secondary N) is 2. The van der Waals surface area contributed by atoms with Crippen molar-refractivity contribution < 1.29 is 36.1 Å². The Kier molecular flexibility index (Phi) is 10.6. The number of hydrogen-bond donors (Lipinski definition) is 2. The molecule has 5 rings (SSSR count). The molecule has 1 saturated heterocycles. The number of carbonyl (C=O) groups is 3. The number of halogens is 1. The Morgan fingerprint density at radius 1 is 1.23 bits per heavy atom. The summed E-state index contributed by atoms with van der Waals surface area (Å²) in [6.07, 6.45) is 2.13. The number of alkyl halides is 1. The van der Waals surface area contributed by atoms with E-state index in [0.717, 1.165) is 10.2 Å². The van der Waals surface area contributed by atoms with Gasteiger partial charge in [0, 0.05) is 31.6 Å². The minimum atomic E-state index is -4.71. The third-order valence-electron chi connectivity index (χ3n) is 8.68. The first-order valence-corrected chi connectivity index (χ1v) is 18.0. The van der Waals surface area contributed by atoms with Crippen LogP contribution < -0.4 is 14.2 Å². The van der Waals surface area contributed by atoms with E-state index in [1.165, 1.54) is 17.4 Å². The second kappa shape index (κ2) is 14.3. The van der Waals surface area contributed by atoms with Gasteiger partial charge in [0.2, 0.25) is 0 Å². The van der Waals surface area contributed by atoms with E-state index in [4.69, 9.17) is 8.92 Å². The summed E-state index contributed by atoms with van der Waals surface area (Å²) in [7, 11) is -4.71. The van der Waals surface area contributed by atoms with Crippen LogP contribution in [0.1, 0.15) is 67.4 Å². The van der Waals surface area contributed by atoms with Crippen molar-refractivity contribution in [1.29, 1.82) is 0 Å². The number of esters is 1. The quantitative estimate of drug-likeness (QED) is 0.104. The standard InChI is InChI=1S/C33H41FN4O7S2/c1-4-44-30(41)17-26(40)23-15-24-18-32(2,3)20-35-31(24)27(16-23)45-47(42,43)37-33(21-39,38-13-10-22(9-12-34)11-14-38)19-29-36-25-7-5-6-8-28(25)46-29/h5-8,15-16,21-22,35,37H,4,9-14,17-20H2,1-3H3/t33-/m1/s1. The van der Waals surface area contributed by atoms with E-state index in [-0.39, 0.29) is 35.7 Å². The molecule has 0 aliphatic carbocycles. The average Bonchev–Trinajstić information content (AvgIpc) is 3.42. The number of Topliss-reactive ketones (excluding diaryl/α,β-unsaturated/α-hetero) is 1. The van der Waals surface area contributed by atoms with Gasteiger partial charge >= 0.3 is 16.3 Å². The second-order valence-electron chi connectivity index (χ2n) is 12.9. The van der Waals surface area contributed by atoms with Crippen molar-refractivity contribution in [3.05, 3.63) is 52.5 Å². The second-order valence-corrected chi connectivity index (χ2v) is 15.3. The van der Waals surface area contributed by atoms with Crippen LogP contribution in [0.15, 0.2) is 36.4 Å². The molecule has 3 heterocycles. The van der Waals surface area contributed by atoms with E-state index in [2.05, 4.69) is 15.0 Å². The predicted molar refractivity (Wildman–Crippen MR) is 178 cm³/mol. The maximum Gasteiger partial charge on any atom is 0.384 e. The van der Waals surface area contributed by atoms with E-state index >= 15 is 0 Å². The number of para-hydroxylation sites is 1. The lowest BCUT2D eigenvalue weighted by Gasteiger charge is -2.43. The number of ketones is 1. The fourth-order valence-corrected chi connectivity index (χ4v) is 8.45. The third-order valence-corrected chi connectivity index (χ3v) is 10.7. The largest absolute Gasteiger partial charge is 0.466 e. The lowest BCUT2D eigenvalue weighted by atomic mass is 9.81. The maximum absolute atomic E-state index is 13.9. The molecular weight excluding hydrogens is 648 g/mol. The summed E-state index contributed by atoms with van der Waals surface area (Å²) >= 11 is 1.37. The zero-order valence-corrected chi connectivity index (χ0v) is 28.5. The summed E-state index contributed by atoms with van der Waals surface area (Å²) in [6.45, 7) is 6.63. The van der Waals surface area contributed by atoms with Crippen LogP contribution in [-0.2, 0) is 37.5 Å². The Morgan fingerprint density at radius 3 is 2.66 bits per heavy atom. The highest BCUT2D eigenvalue weighted by Gasteiger charge is 2.44. The predicted octanol–water partition coefficient (Wildman–Crippen LogP) is 4.85. The van der Waals surface area contributed by atoms with Gasteiger partial charge in [0.05, 0.1) is 34.2 Å². The van der Waals surface area contributed by atoms with Crippen molar-refractivity contribution in [1.82, 2.24) is 14.6 Å². The smallest absolute Gasteiger partial charge is 0.384 e. The van der Waals surface area contributed by atoms with Crippen LogP contribution in [-0.4, -0.2) is 74.9 Å². The summed E-state index contributed by atoms with van der Waals surface area (Å²) in [4.78, 5) is 44.7. The molecule has 0 bridgehead atoms. The molecular formula is C33H41FN4O7S2. The number of nitrogens with zero attached hydrogens (tertiary/aromatic N) is 2. The van der Waals surface area contributed by atoms with Gasteiger partial charge in [0.25, 0.3) is 0 Å². The molecule has 0 radical (unpaired) electrons. The van der Waals surface area contributed by atoms with Crippen LogP contribution in [0.4, 0.5) is 10.1 Å². The number of aldehydes is 1. The van der Waals surface area contributed by atoms with Crippen LogP contribution in [0, 0.1) is 11.3 Å². The zero-order valence-electron chi connectivity index (χ0n) is 26.8. The Balaban J connectivity index is 1.48. The number of benzene rings is 2. The first-order chi connectivity index (χ1) is 22.4. The first-order valence-electron chi connectivity index (χ1n) is 15.8. The SMILES string of the molecule is CCOC(=O)CC(=O)c1cc2c(c(OS(=O)(=O)N[C@](C=O)(Cc3nc4ccccc4s3)N3CCC(CCF)CC3)c1)NCC(C)(C)C2. The molecule has 1 aromatic heterocycles. The van der Waals surface area contributed by atoms with Crippen molar-refractivity contribution in [3.8, 4) is 5.75 Å². The summed E-state index contributed by atoms with van der Waals surface area (Å²) in [6, 6.07) is 10.4. The summed E-state index contributed by atoms with van der Waals surface area (Å²) < 4.78 is 55.0. The van der Waals surface area contributed by atoms with Gasteiger partial charge in [-0.2, -0.15) is 13.1 Å². The number of thiazole rings is 1. The molecule has 0 spiro atoms. The fourth-order valence-electron chi connectivity index (χ4n) is 6.30. The molecule has 1 atom stereocenters. The van der Waals surface area contributed by atoms with Gasteiger partial charge in [-0.05, 0) is 73.8 Å². The molecule has 14 heteroatoms. The molecule has 11 nitrogen and oxygen atoms in total. The minimum Gasteiger partial charge on any atom is -0.466 e. The van der Waals surface area contributed by atoms with Crippen molar-refractivity contribution in [2.75, 3.05) is 38.2 Å². The lowest BCUT2D eigenvalue weighted by molar-refractivity contribution is -0.142. The summed E-state index contributed by atoms with van der Waals surface area (Å²) in [5.41, 5.74) is -0.0436. The number of anilines is 1. The Morgan fingerprint density at radius 2 is 1.98 bits per heavy atom. The van der Waals surface area contributed by atoms with Crippen molar-refractivity contribution in [2.24, 2.45) is 11.3 Å². The van der Waals surface area contributed by atoms with E-state index in [0.29, 0.717) is 67.9 Å². The number of carbonyl (C=O) groups excluding carboxylic acids is 3. The van der Waals surface area contributed by atoms with Gasteiger partial charge in [-0.3, -0.25) is 23.7 Å². The van der Waals surface area contributed by atoms with Crippen LogP contribution >= 0.6 is 11.3 Å². The topological polar surface area (TPSA) is 144 Å². The number of ether oxygens (including phenoxy) is 1. The van der Waals surface area contributed by atoms with Crippen LogP contribution in [0.5, 0.6) is 5.75 Å². The normalized spacial score (nSPS) is 18.1. The van der Waals surface area contributed by atoms with Gasteiger partial charge in [0.15, 0.2) is 23.5 Å². The molecule has 2 aromatic carbocycles. The Bertz CT molecular complexity index is 1700. The minimum absolute atomic E-state index is 0.0607. The van der Waals surface area contributed by atoms with Crippen molar-refractivity contribution in [2.45, 2.75) is 65.0 Å². The molecule has 254 valence electrons. The number of aromatic nitrogens is 1. The van der Waals surface area contributed by atoms with Crippen molar-refractivity contribution in [3.63, 3.8) is 0 Å². The van der Waals surface area contributed by atoms with Gasteiger partial charge in [-0.1, -0.05) is 26.0 Å². The first kappa shape index (κ1) is 34.9.